The molecule has 0 unspecified atom stereocenters. The first-order chi connectivity index (χ1) is 7.52. The molecule has 0 aromatic carbocycles. The highest BCUT2D eigenvalue weighted by Gasteiger charge is 2.28. The second-order valence-electron chi connectivity index (χ2n) is 3.65. The number of nitrogens with zero attached hydrogens (tertiary/aromatic N) is 1. The summed E-state index contributed by atoms with van der Waals surface area (Å²) in [5.74, 6) is 0.204. The van der Waals surface area contributed by atoms with Crippen molar-refractivity contribution in [1.82, 2.24) is 4.98 Å². The molecule has 0 amide bonds. The third kappa shape index (κ3) is 2.31. The molecule has 0 radical (unpaired) electrons. The Hall–Kier alpha value is -1.18. The molecule has 1 fully saturated rings. The summed E-state index contributed by atoms with van der Waals surface area (Å²) in [5.41, 5.74) is 5.90. The number of rotatable bonds is 4. The zero-order valence-corrected chi connectivity index (χ0v) is 9.40. The molecule has 0 spiro atoms. The average molecular weight is 243 g/mol. The topological polar surface area (TPSA) is 108 Å². The van der Waals surface area contributed by atoms with Crippen LogP contribution in [0.5, 0.6) is 5.75 Å². The Morgan fingerprint density at radius 2 is 2.19 bits per heavy atom. The molecule has 6 nitrogen and oxygen atoms in total. The minimum Gasteiger partial charge on any atom is -0.487 e. The predicted octanol–water partition coefficient (Wildman–Crippen LogP) is -0.271. The summed E-state index contributed by atoms with van der Waals surface area (Å²) in [6, 6.07) is 1.33. The van der Waals surface area contributed by atoms with Gasteiger partial charge in [-0.1, -0.05) is 0 Å². The molecule has 88 valence electrons. The van der Waals surface area contributed by atoms with Crippen LogP contribution in [0.2, 0.25) is 0 Å². The van der Waals surface area contributed by atoms with E-state index in [9.17, 15) is 8.42 Å². The van der Waals surface area contributed by atoms with Crippen molar-refractivity contribution in [1.29, 1.82) is 0 Å². The number of aromatic nitrogens is 1. The molecule has 16 heavy (non-hydrogen) atoms. The normalized spacial score (nSPS) is 16.1. The number of pyridine rings is 1. The summed E-state index contributed by atoms with van der Waals surface area (Å²) in [5, 5.41) is 5.10. The van der Waals surface area contributed by atoms with Gasteiger partial charge in [-0.3, -0.25) is 4.98 Å². The smallest absolute Gasteiger partial charge is 0.241 e. The van der Waals surface area contributed by atoms with E-state index >= 15 is 0 Å². The molecule has 0 saturated heterocycles. The second kappa shape index (κ2) is 4.00. The van der Waals surface area contributed by atoms with Crippen LogP contribution in [0.15, 0.2) is 17.2 Å². The van der Waals surface area contributed by atoms with E-state index < -0.39 is 10.0 Å². The Labute approximate surface area is 93.7 Å². The summed E-state index contributed by atoms with van der Waals surface area (Å²) >= 11 is 0. The van der Waals surface area contributed by atoms with Gasteiger partial charge < -0.3 is 10.5 Å². The van der Waals surface area contributed by atoms with Gasteiger partial charge in [-0.2, -0.15) is 0 Å². The van der Waals surface area contributed by atoms with Crippen LogP contribution in [-0.4, -0.2) is 19.5 Å². The van der Waals surface area contributed by atoms with Crippen LogP contribution in [0.4, 0.5) is 0 Å². The third-order valence-corrected chi connectivity index (χ3v) is 3.19. The van der Waals surface area contributed by atoms with Gasteiger partial charge >= 0.3 is 0 Å². The van der Waals surface area contributed by atoms with Crippen LogP contribution in [0, 0.1) is 0 Å². The van der Waals surface area contributed by atoms with E-state index in [4.69, 9.17) is 15.6 Å². The van der Waals surface area contributed by atoms with Crippen molar-refractivity contribution in [3.05, 3.63) is 18.0 Å². The quantitative estimate of drug-likeness (QED) is 0.756. The van der Waals surface area contributed by atoms with Crippen molar-refractivity contribution in [2.45, 2.75) is 30.4 Å². The molecule has 0 aliphatic heterocycles. The van der Waals surface area contributed by atoms with Gasteiger partial charge in [0, 0.05) is 12.7 Å². The van der Waals surface area contributed by atoms with Gasteiger partial charge in [0.05, 0.1) is 11.8 Å². The number of primary sulfonamides is 1. The highest BCUT2D eigenvalue weighted by Crippen LogP contribution is 2.32. The van der Waals surface area contributed by atoms with E-state index in [0.29, 0.717) is 5.69 Å². The summed E-state index contributed by atoms with van der Waals surface area (Å²) in [4.78, 5) is 3.94. The lowest BCUT2D eigenvalue weighted by atomic mass is 10.3. The largest absolute Gasteiger partial charge is 0.487 e. The Morgan fingerprint density at radius 3 is 2.69 bits per heavy atom. The van der Waals surface area contributed by atoms with Crippen LogP contribution < -0.4 is 15.6 Å². The van der Waals surface area contributed by atoms with E-state index in [-0.39, 0.29) is 23.3 Å². The zero-order chi connectivity index (χ0) is 11.8. The fourth-order valence-corrected chi connectivity index (χ4v) is 1.99. The maximum absolute atomic E-state index is 11.4. The monoisotopic (exact) mass is 243 g/mol. The first-order valence-electron chi connectivity index (χ1n) is 4.90. The minimum absolute atomic E-state index is 0.0464. The fourth-order valence-electron chi connectivity index (χ4n) is 1.32. The van der Waals surface area contributed by atoms with Crippen molar-refractivity contribution in [3.63, 3.8) is 0 Å². The van der Waals surface area contributed by atoms with Crippen LogP contribution in [0.3, 0.4) is 0 Å². The Kier molecular flexibility index (Phi) is 2.83. The van der Waals surface area contributed by atoms with Crippen molar-refractivity contribution in [3.8, 4) is 5.75 Å². The number of hydrogen-bond donors (Lipinski definition) is 2. The number of sulfonamides is 1. The van der Waals surface area contributed by atoms with Gasteiger partial charge in [0.2, 0.25) is 10.0 Å². The van der Waals surface area contributed by atoms with E-state index in [1.165, 1.54) is 12.3 Å². The molecule has 1 aliphatic rings. The van der Waals surface area contributed by atoms with Gasteiger partial charge in [0.1, 0.15) is 4.90 Å². The van der Waals surface area contributed by atoms with E-state index in [2.05, 4.69) is 4.98 Å². The first kappa shape index (κ1) is 11.3. The van der Waals surface area contributed by atoms with Crippen molar-refractivity contribution in [2.75, 3.05) is 0 Å². The van der Waals surface area contributed by atoms with Gasteiger partial charge in [-0.05, 0) is 18.9 Å². The lowest BCUT2D eigenvalue weighted by Crippen LogP contribution is -2.17. The third-order valence-electron chi connectivity index (χ3n) is 2.25. The molecule has 0 bridgehead atoms. The van der Waals surface area contributed by atoms with Gasteiger partial charge in [0.25, 0.3) is 0 Å². The van der Waals surface area contributed by atoms with E-state index in [1.54, 1.807) is 0 Å². The van der Waals surface area contributed by atoms with E-state index in [0.717, 1.165) is 12.8 Å². The Balaban J connectivity index is 2.49. The van der Waals surface area contributed by atoms with Crippen molar-refractivity contribution < 1.29 is 13.2 Å². The highest BCUT2D eigenvalue weighted by molar-refractivity contribution is 7.89. The SMILES string of the molecule is NCc1nccc(S(N)(=O)=O)c1OC1CC1. The van der Waals surface area contributed by atoms with E-state index in [1.807, 2.05) is 0 Å². The predicted molar refractivity (Wildman–Crippen MR) is 57.2 cm³/mol. The standard InChI is InChI=1S/C9H13N3O3S/c10-5-7-9(15-6-1-2-6)8(3-4-12-7)16(11,13)14/h3-4,6H,1-2,5,10H2,(H2,11,13,14). The lowest BCUT2D eigenvalue weighted by molar-refractivity contribution is 0.290. The number of ether oxygens (including phenoxy) is 1. The van der Waals surface area contributed by atoms with Crippen molar-refractivity contribution in [2.24, 2.45) is 10.9 Å². The highest BCUT2D eigenvalue weighted by atomic mass is 32.2. The van der Waals surface area contributed by atoms with Crippen molar-refractivity contribution >= 4 is 10.0 Å². The van der Waals surface area contributed by atoms with Gasteiger partial charge in [-0.25, -0.2) is 13.6 Å². The van der Waals surface area contributed by atoms with Crippen LogP contribution in [0.25, 0.3) is 0 Å². The molecule has 7 heteroatoms. The molecule has 1 aliphatic carbocycles. The van der Waals surface area contributed by atoms with Crippen LogP contribution >= 0.6 is 0 Å². The molecule has 1 saturated carbocycles. The maximum Gasteiger partial charge on any atom is 0.241 e. The van der Waals surface area contributed by atoms with Crippen LogP contribution in [0.1, 0.15) is 18.5 Å². The number of hydrogen-bond acceptors (Lipinski definition) is 5. The molecular weight excluding hydrogens is 230 g/mol. The second-order valence-corrected chi connectivity index (χ2v) is 5.18. The summed E-state index contributed by atoms with van der Waals surface area (Å²) in [6.07, 6.45) is 3.27. The lowest BCUT2D eigenvalue weighted by Gasteiger charge is -2.12. The zero-order valence-electron chi connectivity index (χ0n) is 8.59. The summed E-state index contributed by atoms with van der Waals surface area (Å²) in [6.45, 7) is 0.116. The average Bonchev–Trinajstić information content (AvgIpc) is 3.00. The summed E-state index contributed by atoms with van der Waals surface area (Å²) < 4.78 is 28.2. The number of nitrogens with two attached hydrogens (primary N) is 2. The maximum atomic E-state index is 11.4. The minimum atomic E-state index is -3.80. The Bertz CT molecular complexity index is 497. The molecule has 2 rings (SSSR count). The van der Waals surface area contributed by atoms with Crippen LogP contribution in [-0.2, 0) is 16.6 Å². The first-order valence-corrected chi connectivity index (χ1v) is 6.44. The molecule has 0 atom stereocenters. The molecular formula is C9H13N3O3S. The fraction of sp³-hybridized carbons (Fsp3) is 0.444. The Morgan fingerprint density at radius 1 is 1.50 bits per heavy atom. The van der Waals surface area contributed by atoms with Gasteiger partial charge in [-0.15, -0.1) is 0 Å². The summed E-state index contributed by atoms with van der Waals surface area (Å²) in [7, 11) is -3.80. The molecule has 1 aromatic rings. The van der Waals surface area contributed by atoms with Gasteiger partial charge in [0.15, 0.2) is 5.75 Å². The molecule has 1 heterocycles. The molecule has 1 aromatic heterocycles. The molecule has 4 N–H and O–H groups in total.